The van der Waals surface area contributed by atoms with E-state index in [0.29, 0.717) is 0 Å². The predicted molar refractivity (Wildman–Crippen MR) is 88.1 cm³/mol. The first-order valence-corrected chi connectivity index (χ1v) is 7.26. The van der Waals surface area contributed by atoms with Gasteiger partial charge in [-0.2, -0.15) is 0 Å². The molecule has 0 bridgehead atoms. The monoisotopic (exact) mass is 268 g/mol. The fourth-order valence-electron chi connectivity index (χ4n) is 2.64. The number of benzene rings is 2. The molecule has 0 heterocycles. The molecule has 0 saturated heterocycles. The highest BCUT2D eigenvalue weighted by Gasteiger charge is 2.07. The fraction of sp³-hybridized carbons (Fsp3) is 0.333. The lowest BCUT2D eigenvalue weighted by atomic mass is 10.1. The van der Waals surface area contributed by atoms with Crippen LogP contribution in [0.15, 0.2) is 42.5 Å². The Labute approximate surface area is 122 Å². The van der Waals surface area contributed by atoms with Gasteiger partial charge in [0, 0.05) is 24.5 Å². The van der Waals surface area contributed by atoms with Crippen LogP contribution in [0, 0.1) is 13.8 Å². The molecule has 0 aliphatic rings. The minimum absolute atomic E-state index is 0.816. The molecule has 0 aliphatic carbocycles. The van der Waals surface area contributed by atoms with Crippen molar-refractivity contribution in [3.8, 4) is 0 Å². The van der Waals surface area contributed by atoms with Gasteiger partial charge in [-0.1, -0.05) is 36.2 Å². The Bertz CT molecular complexity index is 538. The Balaban J connectivity index is 2.22. The number of hydrogen-bond donors (Lipinski definition) is 1. The second-order valence-corrected chi connectivity index (χ2v) is 5.51. The minimum Gasteiger partial charge on any atom is -0.399 e. The average molecular weight is 268 g/mol. The lowest BCUT2D eigenvalue weighted by Crippen LogP contribution is -2.23. The molecule has 0 aliphatic heterocycles. The summed E-state index contributed by atoms with van der Waals surface area (Å²) >= 11 is 0. The molecule has 0 unspecified atom stereocenters. The molecule has 2 nitrogen and oxygen atoms in total. The molecular weight excluding hydrogens is 244 g/mol. The van der Waals surface area contributed by atoms with E-state index in [9.17, 15) is 0 Å². The van der Waals surface area contributed by atoms with Gasteiger partial charge in [0.15, 0.2) is 0 Å². The average Bonchev–Trinajstić information content (AvgIpc) is 2.38. The van der Waals surface area contributed by atoms with Crippen molar-refractivity contribution in [2.24, 2.45) is 0 Å². The van der Waals surface area contributed by atoms with Gasteiger partial charge >= 0.3 is 0 Å². The number of anilines is 2. The summed E-state index contributed by atoms with van der Waals surface area (Å²) in [6.07, 6.45) is 1.13. The summed E-state index contributed by atoms with van der Waals surface area (Å²) in [5, 5.41) is 0. The molecule has 0 fully saturated rings. The van der Waals surface area contributed by atoms with Crippen molar-refractivity contribution >= 4 is 11.4 Å². The van der Waals surface area contributed by atoms with Crippen LogP contribution in [0.2, 0.25) is 0 Å². The Kier molecular flexibility index (Phi) is 4.67. The standard InChI is InChI=1S/C18H24N2/c1-4-9-20(18-7-5-17(19)6-8-18)13-16-11-14(2)10-15(3)12-16/h5-8,10-12H,4,9,13,19H2,1-3H3. The smallest absolute Gasteiger partial charge is 0.0429 e. The number of hydrogen-bond acceptors (Lipinski definition) is 2. The van der Waals surface area contributed by atoms with E-state index in [2.05, 4.69) is 56.0 Å². The van der Waals surface area contributed by atoms with Crippen molar-refractivity contribution < 1.29 is 0 Å². The van der Waals surface area contributed by atoms with Gasteiger partial charge in [0.25, 0.3) is 0 Å². The van der Waals surface area contributed by atoms with Crippen LogP contribution in [0.1, 0.15) is 30.0 Å². The van der Waals surface area contributed by atoms with E-state index >= 15 is 0 Å². The molecule has 2 N–H and O–H groups in total. The summed E-state index contributed by atoms with van der Waals surface area (Å²) in [4.78, 5) is 2.41. The zero-order chi connectivity index (χ0) is 14.5. The van der Waals surface area contributed by atoms with Crippen molar-refractivity contribution in [2.75, 3.05) is 17.2 Å². The third kappa shape index (κ3) is 3.77. The van der Waals surface area contributed by atoms with Gasteiger partial charge in [0.2, 0.25) is 0 Å². The molecule has 2 aromatic carbocycles. The molecule has 0 radical (unpaired) electrons. The molecule has 0 saturated carbocycles. The lowest BCUT2D eigenvalue weighted by Gasteiger charge is -2.25. The molecule has 0 amide bonds. The summed E-state index contributed by atoms with van der Waals surface area (Å²) in [6, 6.07) is 14.9. The first-order chi connectivity index (χ1) is 9.58. The van der Waals surface area contributed by atoms with Crippen LogP contribution in [0.5, 0.6) is 0 Å². The van der Waals surface area contributed by atoms with Crippen LogP contribution in [-0.2, 0) is 6.54 Å². The molecule has 2 heteroatoms. The molecule has 2 aromatic rings. The predicted octanol–water partition coefficient (Wildman–Crippen LogP) is 4.30. The maximum absolute atomic E-state index is 5.77. The molecule has 106 valence electrons. The van der Waals surface area contributed by atoms with Gasteiger partial charge in [-0.15, -0.1) is 0 Å². The van der Waals surface area contributed by atoms with Gasteiger partial charge in [-0.05, 0) is 50.1 Å². The molecule has 0 atom stereocenters. The summed E-state index contributed by atoms with van der Waals surface area (Å²) < 4.78 is 0. The number of nitrogen functional groups attached to an aromatic ring is 1. The van der Waals surface area contributed by atoms with Crippen LogP contribution in [-0.4, -0.2) is 6.54 Å². The maximum atomic E-state index is 5.77. The fourth-order valence-corrected chi connectivity index (χ4v) is 2.64. The molecule has 0 spiro atoms. The van der Waals surface area contributed by atoms with Crippen molar-refractivity contribution in [1.82, 2.24) is 0 Å². The van der Waals surface area contributed by atoms with Crippen LogP contribution in [0.4, 0.5) is 11.4 Å². The Morgan fingerprint density at radius 3 is 2.10 bits per heavy atom. The minimum atomic E-state index is 0.816. The highest BCUT2D eigenvalue weighted by Crippen LogP contribution is 2.20. The summed E-state index contributed by atoms with van der Waals surface area (Å²) in [6.45, 7) is 8.52. The first-order valence-electron chi connectivity index (χ1n) is 7.26. The van der Waals surface area contributed by atoms with Gasteiger partial charge < -0.3 is 10.6 Å². The Morgan fingerprint density at radius 1 is 0.950 bits per heavy atom. The van der Waals surface area contributed by atoms with Crippen LogP contribution in [0.25, 0.3) is 0 Å². The van der Waals surface area contributed by atoms with Crippen molar-refractivity contribution in [1.29, 1.82) is 0 Å². The molecule has 2 rings (SSSR count). The van der Waals surface area contributed by atoms with E-state index in [1.165, 1.54) is 22.4 Å². The number of rotatable bonds is 5. The molecular formula is C18H24N2. The van der Waals surface area contributed by atoms with Crippen LogP contribution < -0.4 is 10.6 Å². The zero-order valence-corrected chi connectivity index (χ0v) is 12.7. The third-order valence-electron chi connectivity index (χ3n) is 3.41. The summed E-state index contributed by atoms with van der Waals surface area (Å²) in [5.74, 6) is 0. The number of aryl methyl sites for hydroxylation is 2. The SMILES string of the molecule is CCCN(Cc1cc(C)cc(C)c1)c1ccc(N)cc1. The highest BCUT2D eigenvalue weighted by atomic mass is 15.1. The van der Waals surface area contributed by atoms with E-state index < -0.39 is 0 Å². The van der Waals surface area contributed by atoms with E-state index in [0.717, 1.165) is 25.2 Å². The molecule has 20 heavy (non-hydrogen) atoms. The van der Waals surface area contributed by atoms with Gasteiger partial charge in [-0.3, -0.25) is 0 Å². The van der Waals surface area contributed by atoms with Gasteiger partial charge in [-0.25, -0.2) is 0 Å². The van der Waals surface area contributed by atoms with E-state index in [1.54, 1.807) is 0 Å². The first kappa shape index (κ1) is 14.4. The van der Waals surface area contributed by atoms with E-state index in [-0.39, 0.29) is 0 Å². The van der Waals surface area contributed by atoms with Crippen LogP contribution >= 0.6 is 0 Å². The highest BCUT2D eigenvalue weighted by molar-refractivity contribution is 5.53. The van der Waals surface area contributed by atoms with E-state index in [4.69, 9.17) is 5.73 Å². The quantitative estimate of drug-likeness (QED) is 0.819. The molecule has 0 aromatic heterocycles. The lowest BCUT2D eigenvalue weighted by molar-refractivity contribution is 0.766. The van der Waals surface area contributed by atoms with Crippen molar-refractivity contribution in [3.63, 3.8) is 0 Å². The third-order valence-corrected chi connectivity index (χ3v) is 3.41. The summed E-state index contributed by atoms with van der Waals surface area (Å²) in [7, 11) is 0. The number of nitrogens with zero attached hydrogens (tertiary/aromatic N) is 1. The Hall–Kier alpha value is -1.96. The van der Waals surface area contributed by atoms with E-state index in [1.807, 2.05) is 12.1 Å². The second kappa shape index (κ2) is 6.47. The zero-order valence-electron chi connectivity index (χ0n) is 12.7. The van der Waals surface area contributed by atoms with Gasteiger partial charge in [0.1, 0.15) is 0 Å². The normalized spacial score (nSPS) is 10.6. The van der Waals surface area contributed by atoms with Crippen molar-refractivity contribution in [3.05, 3.63) is 59.2 Å². The van der Waals surface area contributed by atoms with Crippen LogP contribution in [0.3, 0.4) is 0 Å². The summed E-state index contributed by atoms with van der Waals surface area (Å²) in [5.41, 5.74) is 11.9. The largest absolute Gasteiger partial charge is 0.399 e. The maximum Gasteiger partial charge on any atom is 0.0429 e. The topological polar surface area (TPSA) is 29.3 Å². The number of nitrogens with two attached hydrogens (primary N) is 1. The van der Waals surface area contributed by atoms with Gasteiger partial charge in [0.05, 0.1) is 0 Å². The van der Waals surface area contributed by atoms with Crippen molar-refractivity contribution in [2.45, 2.75) is 33.7 Å². The Morgan fingerprint density at radius 2 is 1.55 bits per heavy atom. The second-order valence-electron chi connectivity index (χ2n) is 5.51.